The van der Waals surface area contributed by atoms with E-state index in [0.29, 0.717) is 6.54 Å². The zero-order chi connectivity index (χ0) is 16.1. The zero-order valence-corrected chi connectivity index (χ0v) is 14.8. The van der Waals surface area contributed by atoms with Crippen molar-refractivity contribution in [3.8, 4) is 0 Å². The van der Waals surface area contributed by atoms with E-state index >= 15 is 0 Å². The van der Waals surface area contributed by atoms with E-state index in [0.717, 1.165) is 22.3 Å². The van der Waals surface area contributed by atoms with Crippen molar-refractivity contribution in [2.75, 3.05) is 18.9 Å². The molecule has 0 spiro atoms. The number of aryl methyl sites for hydroxylation is 1. The third-order valence-electron chi connectivity index (χ3n) is 3.69. The molecule has 22 heavy (non-hydrogen) atoms. The number of nitrogens with zero attached hydrogens (tertiary/aromatic N) is 1. The molecule has 2 rings (SSSR count). The van der Waals surface area contributed by atoms with Crippen molar-refractivity contribution < 1.29 is 4.79 Å². The number of carbonyl (C=O) groups excluding carboxylic acids is 1. The Hall–Kier alpha value is -1.65. The number of halogens is 1. The topological polar surface area (TPSA) is 32.3 Å². The average molecular weight is 361 g/mol. The van der Waals surface area contributed by atoms with Gasteiger partial charge in [0.15, 0.2) is 0 Å². The number of hydrogen-bond donors (Lipinski definition) is 1. The SMILES string of the molecule is Cc1cccc(NC(=O)CN(C)Cc2ccccc2Br)c1C. The number of hydrogen-bond acceptors (Lipinski definition) is 2. The van der Waals surface area contributed by atoms with Crippen molar-refractivity contribution in [1.82, 2.24) is 4.90 Å². The summed E-state index contributed by atoms with van der Waals surface area (Å²) in [4.78, 5) is 14.2. The average Bonchev–Trinajstić information content (AvgIpc) is 2.46. The molecule has 0 atom stereocenters. The maximum atomic E-state index is 12.2. The minimum atomic E-state index is 0.00301. The lowest BCUT2D eigenvalue weighted by Crippen LogP contribution is -2.30. The molecule has 0 saturated heterocycles. The second-order valence-corrected chi connectivity index (χ2v) is 6.41. The Labute approximate surface area is 140 Å². The minimum Gasteiger partial charge on any atom is -0.325 e. The van der Waals surface area contributed by atoms with Gasteiger partial charge >= 0.3 is 0 Å². The third kappa shape index (κ3) is 4.42. The van der Waals surface area contributed by atoms with Gasteiger partial charge in [-0.2, -0.15) is 0 Å². The zero-order valence-electron chi connectivity index (χ0n) is 13.2. The monoisotopic (exact) mass is 360 g/mol. The molecule has 0 aliphatic carbocycles. The second kappa shape index (κ2) is 7.56. The summed E-state index contributed by atoms with van der Waals surface area (Å²) in [5, 5.41) is 2.99. The van der Waals surface area contributed by atoms with E-state index in [4.69, 9.17) is 0 Å². The van der Waals surface area contributed by atoms with Gasteiger partial charge in [-0.15, -0.1) is 0 Å². The van der Waals surface area contributed by atoms with Crippen molar-refractivity contribution in [2.45, 2.75) is 20.4 Å². The number of likely N-dealkylation sites (N-methyl/N-ethyl adjacent to an activating group) is 1. The summed E-state index contributed by atoms with van der Waals surface area (Å²) >= 11 is 3.54. The standard InChI is InChI=1S/C18H21BrN2O/c1-13-7-6-10-17(14(13)2)20-18(22)12-21(3)11-15-8-4-5-9-16(15)19/h4-10H,11-12H2,1-3H3,(H,20,22). The smallest absolute Gasteiger partial charge is 0.238 e. The number of amides is 1. The molecule has 1 amide bonds. The molecule has 0 radical (unpaired) electrons. The van der Waals surface area contributed by atoms with Gasteiger partial charge in [0.05, 0.1) is 6.54 Å². The van der Waals surface area contributed by atoms with Gasteiger partial charge in [-0.05, 0) is 49.7 Å². The highest BCUT2D eigenvalue weighted by Crippen LogP contribution is 2.19. The van der Waals surface area contributed by atoms with Gasteiger partial charge in [-0.25, -0.2) is 0 Å². The minimum absolute atomic E-state index is 0.00301. The fourth-order valence-electron chi connectivity index (χ4n) is 2.29. The van der Waals surface area contributed by atoms with Gasteiger partial charge in [0.25, 0.3) is 0 Å². The molecular formula is C18H21BrN2O. The van der Waals surface area contributed by atoms with Gasteiger partial charge in [0.2, 0.25) is 5.91 Å². The molecule has 116 valence electrons. The van der Waals surface area contributed by atoms with Crippen LogP contribution in [0.5, 0.6) is 0 Å². The Morgan fingerprint density at radius 2 is 1.86 bits per heavy atom. The predicted molar refractivity (Wildman–Crippen MR) is 95.0 cm³/mol. The number of anilines is 1. The fraction of sp³-hybridized carbons (Fsp3) is 0.278. The van der Waals surface area contributed by atoms with Crippen molar-refractivity contribution >= 4 is 27.5 Å². The molecule has 4 heteroatoms. The summed E-state index contributed by atoms with van der Waals surface area (Å²) in [5.41, 5.74) is 4.35. The van der Waals surface area contributed by atoms with E-state index in [1.807, 2.05) is 62.2 Å². The molecule has 0 saturated carbocycles. The van der Waals surface area contributed by atoms with E-state index in [9.17, 15) is 4.79 Å². The first-order chi connectivity index (χ1) is 10.5. The molecule has 0 aliphatic heterocycles. The molecule has 3 nitrogen and oxygen atoms in total. The highest BCUT2D eigenvalue weighted by Gasteiger charge is 2.10. The maximum absolute atomic E-state index is 12.2. The Morgan fingerprint density at radius 1 is 1.14 bits per heavy atom. The molecule has 0 unspecified atom stereocenters. The largest absolute Gasteiger partial charge is 0.325 e. The van der Waals surface area contributed by atoms with Gasteiger partial charge in [0, 0.05) is 16.7 Å². The van der Waals surface area contributed by atoms with Crippen LogP contribution in [0.3, 0.4) is 0 Å². The highest BCUT2D eigenvalue weighted by molar-refractivity contribution is 9.10. The van der Waals surface area contributed by atoms with Crippen LogP contribution in [-0.4, -0.2) is 24.4 Å². The molecule has 2 aromatic carbocycles. The molecule has 0 heterocycles. The van der Waals surface area contributed by atoms with Crippen LogP contribution in [0.25, 0.3) is 0 Å². The Morgan fingerprint density at radius 3 is 2.59 bits per heavy atom. The van der Waals surface area contributed by atoms with E-state index in [1.165, 1.54) is 11.1 Å². The molecule has 2 aromatic rings. The molecule has 0 fully saturated rings. The number of carbonyl (C=O) groups is 1. The summed E-state index contributed by atoms with van der Waals surface area (Å²) in [6.45, 7) is 5.15. The van der Waals surface area contributed by atoms with Crippen molar-refractivity contribution in [3.05, 3.63) is 63.6 Å². The van der Waals surface area contributed by atoms with E-state index in [-0.39, 0.29) is 5.91 Å². The molecule has 0 bridgehead atoms. The first-order valence-electron chi connectivity index (χ1n) is 7.25. The van der Waals surface area contributed by atoms with Gasteiger partial charge in [-0.3, -0.25) is 9.69 Å². The predicted octanol–water partition coefficient (Wildman–Crippen LogP) is 4.14. The van der Waals surface area contributed by atoms with Gasteiger partial charge in [0.1, 0.15) is 0 Å². The summed E-state index contributed by atoms with van der Waals surface area (Å²) in [5.74, 6) is 0.00301. The van der Waals surface area contributed by atoms with E-state index in [2.05, 4.69) is 27.3 Å². The summed E-state index contributed by atoms with van der Waals surface area (Å²) in [6, 6.07) is 14.0. The third-order valence-corrected chi connectivity index (χ3v) is 4.46. The lowest BCUT2D eigenvalue weighted by Gasteiger charge is -2.18. The van der Waals surface area contributed by atoms with Crippen LogP contribution in [0.2, 0.25) is 0 Å². The van der Waals surface area contributed by atoms with Gasteiger partial charge < -0.3 is 5.32 Å². The lowest BCUT2D eigenvalue weighted by atomic mass is 10.1. The summed E-state index contributed by atoms with van der Waals surface area (Å²) in [6.07, 6.45) is 0. The lowest BCUT2D eigenvalue weighted by molar-refractivity contribution is -0.117. The second-order valence-electron chi connectivity index (χ2n) is 5.56. The van der Waals surface area contributed by atoms with Crippen molar-refractivity contribution in [1.29, 1.82) is 0 Å². The Kier molecular flexibility index (Phi) is 5.75. The van der Waals surface area contributed by atoms with Crippen LogP contribution in [-0.2, 0) is 11.3 Å². The van der Waals surface area contributed by atoms with E-state index in [1.54, 1.807) is 0 Å². The molecule has 0 aromatic heterocycles. The van der Waals surface area contributed by atoms with Gasteiger partial charge in [-0.1, -0.05) is 46.3 Å². The molecular weight excluding hydrogens is 340 g/mol. The Bertz CT molecular complexity index is 670. The van der Waals surface area contributed by atoms with Crippen molar-refractivity contribution in [3.63, 3.8) is 0 Å². The number of benzene rings is 2. The Balaban J connectivity index is 1.94. The highest BCUT2D eigenvalue weighted by atomic mass is 79.9. The quantitative estimate of drug-likeness (QED) is 0.868. The normalized spacial score (nSPS) is 10.8. The maximum Gasteiger partial charge on any atom is 0.238 e. The van der Waals surface area contributed by atoms with Crippen LogP contribution < -0.4 is 5.32 Å². The van der Waals surface area contributed by atoms with Crippen LogP contribution in [0.15, 0.2) is 46.9 Å². The first-order valence-corrected chi connectivity index (χ1v) is 8.04. The number of rotatable bonds is 5. The van der Waals surface area contributed by atoms with E-state index < -0.39 is 0 Å². The van der Waals surface area contributed by atoms with Crippen LogP contribution in [0.1, 0.15) is 16.7 Å². The van der Waals surface area contributed by atoms with Crippen LogP contribution in [0.4, 0.5) is 5.69 Å². The fourth-order valence-corrected chi connectivity index (χ4v) is 2.70. The molecule has 1 N–H and O–H groups in total. The summed E-state index contributed by atoms with van der Waals surface area (Å²) < 4.78 is 1.07. The van der Waals surface area contributed by atoms with Crippen molar-refractivity contribution in [2.24, 2.45) is 0 Å². The number of nitrogens with one attached hydrogen (secondary N) is 1. The van der Waals surface area contributed by atoms with Crippen LogP contribution >= 0.6 is 15.9 Å². The van der Waals surface area contributed by atoms with Crippen LogP contribution in [0, 0.1) is 13.8 Å². The molecule has 0 aliphatic rings. The first kappa shape index (κ1) is 16.7. The summed E-state index contributed by atoms with van der Waals surface area (Å²) in [7, 11) is 1.95.